The van der Waals surface area contributed by atoms with Gasteiger partial charge in [-0.15, -0.1) is 0 Å². The molecule has 0 unspecified atom stereocenters. The van der Waals surface area contributed by atoms with E-state index in [1.807, 2.05) is 62.8 Å². The van der Waals surface area contributed by atoms with Gasteiger partial charge < -0.3 is 9.64 Å². The molecule has 6 nitrogen and oxygen atoms in total. The van der Waals surface area contributed by atoms with Crippen LogP contribution in [0.15, 0.2) is 30.5 Å². The predicted octanol–water partition coefficient (Wildman–Crippen LogP) is 3.44. The summed E-state index contributed by atoms with van der Waals surface area (Å²) in [5, 5.41) is 4.65. The second kappa shape index (κ2) is 6.26. The Hall–Kier alpha value is -2.37. The highest BCUT2D eigenvalue weighted by Gasteiger charge is 2.31. The average molecular weight is 328 g/mol. The molecule has 0 aliphatic carbocycles. The molecule has 0 spiro atoms. The quantitative estimate of drug-likeness (QED) is 0.847. The van der Waals surface area contributed by atoms with E-state index >= 15 is 0 Å². The van der Waals surface area contributed by atoms with Gasteiger partial charge >= 0.3 is 6.09 Å². The summed E-state index contributed by atoms with van der Waals surface area (Å²) in [7, 11) is 0. The van der Waals surface area contributed by atoms with Crippen molar-refractivity contribution in [2.75, 3.05) is 13.1 Å². The number of pyridine rings is 1. The molecule has 128 valence electrons. The maximum absolute atomic E-state index is 12.2. The van der Waals surface area contributed by atoms with Crippen molar-refractivity contribution in [3.8, 4) is 11.4 Å². The van der Waals surface area contributed by atoms with E-state index in [9.17, 15) is 4.79 Å². The Morgan fingerprint density at radius 1 is 1.25 bits per heavy atom. The number of amides is 1. The Kier molecular flexibility index (Phi) is 4.30. The van der Waals surface area contributed by atoms with Crippen LogP contribution in [-0.2, 0) is 4.74 Å². The van der Waals surface area contributed by atoms with Gasteiger partial charge in [-0.25, -0.2) is 4.79 Å². The van der Waals surface area contributed by atoms with Gasteiger partial charge in [0, 0.05) is 25.0 Å². The lowest BCUT2D eigenvalue weighted by Gasteiger charge is -2.24. The van der Waals surface area contributed by atoms with Crippen molar-refractivity contribution in [1.29, 1.82) is 0 Å². The molecule has 3 heterocycles. The van der Waals surface area contributed by atoms with Crippen LogP contribution in [0.3, 0.4) is 0 Å². The van der Waals surface area contributed by atoms with Gasteiger partial charge in [0.25, 0.3) is 0 Å². The van der Waals surface area contributed by atoms with E-state index in [1.54, 1.807) is 4.90 Å². The Morgan fingerprint density at radius 2 is 2.04 bits per heavy atom. The summed E-state index contributed by atoms with van der Waals surface area (Å²) >= 11 is 0. The fraction of sp³-hybridized carbons (Fsp3) is 0.500. The zero-order valence-corrected chi connectivity index (χ0v) is 14.7. The molecule has 1 saturated heterocycles. The molecule has 0 N–H and O–H groups in total. The molecule has 1 aliphatic heterocycles. The first-order valence-electron chi connectivity index (χ1n) is 8.29. The van der Waals surface area contributed by atoms with Crippen LogP contribution in [0.25, 0.3) is 11.4 Å². The largest absolute Gasteiger partial charge is 0.444 e. The highest BCUT2D eigenvalue weighted by molar-refractivity contribution is 5.68. The molecular formula is C18H24N4O2. The third kappa shape index (κ3) is 3.75. The molecule has 0 radical (unpaired) electrons. The summed E-state index contributed by atoms with van der Waals surface area (Å²) in [5.74, 6) is 0. The van der Waals surface area contributed by atoms with Crippen LogP contribution < -0.4 is 0 Å². The summed E-state index contributed by atoms with van der Waals surface area (Å²) in [6, 6.07) is 8.06. The number of hydrogen-bond acceptors (Lipinski definition) is 4. The lowest BCUT2D eigenvalue weighted by molar-refractivity contribution is 0.0288. The van der Waals surface area contributed by atoms with E-state index < -0.39 is 5.60 Å². The summed E-state index contributed by atoms with van der Waals surface area (Å²) in [6.45, 7) is 8.93. The van der Waals surface area contributed by atoms with Gasteiger partial charge in [0.05, 0.1) is 11.7 Å². The molecule has 1 amide bonds. The van der Waals surface area contributed by atoms with Crippen LogP contribution in [0, 0.1) is 6.92 Å². The second-order valence-electron chi connectivity index (χ2n) is 7.21. The first-order chi connectivity index (χ1) is 11.3. The van der Waals surface area contributed by atoms with Gasteiger partial charge in [-0.3, -0.25) is 9.67 Å². The number of likely N-dealkylation sites (tertiary alicyclic amines) is 1. The van der Waals surface area contributed by atoms with E-state index in [2.05, 4.69) is 10.1 Å². The van der Waals surface area contributed by atoms with Crippen LogP contribution in [0.5, 0.6) is 0 Å². The summed E-state index contributed by atoms with van der Waals surface area (Å²) in [4.78, 5) is 18.4. The van der Waals surface area contributed by atoms with E-state index in [-0.39, 0.29) is 12.1 Å². The van der Waals surface area contributed by atoms with Gasteiger partial charge in [-0.1, -0.05) is 6.07 Å². The highest BCUT2D eigenvalue weighted by atomic mass is 16.6. The average Bonchev–Trinajstić information content (AvgIpc) is 3.15. The third-order valence-corrected chi connectivity index (χ3v) is 3.95. The van der Waals surface area contributed by atoms with Crippen LogP contribution in [0.4, 0.5) is 4.79 Å². The fourth-order valence-electron chi connectivity index (χ4n) is 2.81. The van der Waals surface area contributed by atoms with Gasteiger partial charge in [-0.05, 0) is 52.3 Å². The topological polar surface area (TPSA) is 60.2 Å². The number of rotatable bonds is 2. The van der Waals surface area contributed by atoms with Crippen LogP contribution in [0.1, 0.15) is 38.9 Å². The van der Waals surface area contributed by atoms with Crippen molar-refractivity contribution in [2.24, 2.45) is 0 Å². The first-order valence-corrected chi connectivity index (χ1v) is 8.29. The maximum Gasteiger partial charge on any atom is 0.410 e. The molecule has 0 saturated carbocycles. The summed E-state index contributed by atoms with van der Waals surface area (Å²) in [6.07, 6.45) is 2.59. The zero-order chi connectivity index (χ0) is 17.3. The van der Waals surface area contributed by atoms with E-state index in [1.165, 1.54) is 0 Å². The molecule has 0 bridgehead atoms. The number of aryl methyl sites for hydroxylation is 1. The molecule has 2 aromatic rings. The molecule has 1 atom stereocenters. The maximum atomic E-state index is 12.2. The molecule has 1 aliphatic rings. The fourth-order valence-corrected chi connectivity index (χ4v) is 2.81. The van der Waals surface area contributed by atoms with Crippen molar-refractivity contribution in [1.82, 2.24) is 19.7 Å². The molecule has 3 rings (SSSR count). The number of ether oxygens (including phenoxy) is 1. The number of aromatic nitrogens is 3. The lowest BCUT2D eigenvalue weighted by Crippen LogP contribution is -2.35. The minimum atomic E-state index is -0.467. The summed E-state index contributed by atoms with van der Waals surface area (Å²) in [5.41, 5.74) is 2.23. The molecule has 0 aromatic carbocycles. The van der Waals surface area contributed by atoms with Crippen LogP contribution in [0.2, 0.25) is 0 Å². The smallest absolute Gasteiger partial charge is 0.410 e. The Bertz CT molecular complexity index is 733. The van der Waals surface area contributed by atoms with Gasteiger partial charge in [-0.2, -0.15) is 5.10 Å². The SMILES string of the molecule is Cc1cccc(-c2ccn([C@@H]3CCN(C(=O)OC(C)(C)C)C3)n2)n1. The Balaban J connectivity index is 1.68. The van der Waals surface area contributed by atoms with Crippen molar-refractivity contribution >= 4 is 6.09 Å². The highest BCUT2D eigenvalue weighted by Crippen LogP contribution is 2.24. The number of carbonyl (C=O) groups is 1. The molecule has 1 fully saturated rings. The van der Waals surface area contributed by atoms with Crippen molar-refractivity contribution in [3.05, 3.63) is 36.2 Å². The molecule has 6 heteroatoms. The van der Waals surface area contributed by atoms with Gasteiger partial charge in [0.1, 0.15) is 11.3 Å². The minimum absolute atomic E-state index is 0.177. The molecule has 2 aromatic heterocycles. The number of hydrogen-bond donors (Lipinski definition) is 0. The molecular weight excluding hydrogens is 304 g/mol. The van der Waals surface area contributed by atoms with Crippen LogP contribution >= 0.6 is 0 Å². The molecule has 24 heavy (non-hydrogen) atoms. The van der Waals surface area contributed by atoms with E-state index in [4.69, 9.17) is 4.74 Å². The third-order valence-electron chi connectivity index (χ3n) is 3.95. The predicted molar refractivity (Wildman–Crippen MR) is 91.7 cm³/mol. The zero-order valence-electron chi connectivity index (χ0n) is 14.7. The number of carbonyl (C=O) groups excluding carboxylic acids is 1. The van der Waals surface area contributed by atoms with Crippen LogP contribution in [-0.4, -0.2) is 44.4 Å². The van der Waals surface area contributed by atoms with Crippen molar-refractivity contribution in [2.45, 2.75) is 45.8 Å². The van der Waals surface area contributed by atoms with Crippen molar-refractivity contribution in [3.63, 3.8) is 0 Å². The van der Waals surface area contributed by atoms with E-state index in [0.717, 1.165) is 23.5 Å². The Labute approximate surface area is 142 Å². The summed E-state index contributed by atoms with van der Waals surface area (Å²) < 4.78 is 7.38. The second-order valence-corrected chi connectivity index (χ2v) is 7.21. The normalized spacial score (nSPS) is 18.0. The van der Waals surface area contributed by atoms with Gasteiger partial charge in [0.2, 0.25) is 0 Å². The lowest BCUT2D eigenvalue weighted by atomic mass is 10.2. The Morgan fingerprint density at radius 3 is 2.75 bits per heavy atom. The number of nitrogens with zero attached hydrogens (tertiary/aromatic N) is 4. The monoisotopic (exact) mass is 328 g/mol. The minimum Gasteiger partial charge on any atom is -0.444 e. The first kappa shape index (κ1) is 16.5. The standard InChI is InChI=1S/C18H24N4O2/c1-13-6-5-7-15(19-13)16-9-11-22(20-16)14-8-10-21(12-14)17(23)24-18(2,3)4/h5-7,9,11,14H,8,10,12H2,1-4H3/t14-/m1/s1. The van der Waals surface area contributed by atoms with E-state index in [0.29, 0.717) is 13.1 Å². The van der Waals surface area contributed by atoms with Gasteiger partial charge in [0.15, 0.2) is 0 Å². The van der Waals surface area contributed by atoms with Crippen molar-refractivity contribution < 1.29 is 9.53 Å².